The third-order valence-corrected chi connectivity index (χ3v) is 6.20. The van der Waals surface area contributed by atoms with Gasteiger partial charge < -0.3 is 19.7 Å². The zero-order valence-electron chi connectivity index (χ0n) is 18.5. The first kappa shape index (κ1) is 22.3. The Bertz CT molecular complexity index is 912. The van der Waals surface area contributed by atoms with Gasteiger partial charge in [-0.3, -0.25) is 14.5 Å². The van der Waals surface area contributed by atoms with Crippen LogP contribution in [0.5, 0.6) is 11.5 Å². The quantitative estimate of drug-likeness (QED) is 0.721. The summed E-state index contributed by atoms with van der Waals surface area (Å²) in [5, 5.41) is 2.92. The number of amides is 2. The molecule has 2 heterocycles. The number of rotatable bonds is 7. The van der Waals surface area contributed by atoms with E-state index in [-0.39, 0.29) is 24.3 Å². The average molecular weight is 438 g/mol. The third kappa shape index (κ3) is 5.66. The van der Waals surface area contributed by atoms with Crippen molar-refractivity contribution in [3.05, 3.63) is 60.2 Å². The van der Waals surface area contributed by atoms with Crippen LogP contribution in [0, 0.1) is 0 Å². The van der Waals surface area contributed by atoms with Crippen LogP contribution in [0.3, 0.4) is 0 Å². The van der Waals surface area contributed by atoms with Gasteiger partial charge in [-0.15, -0.1) is 0 Å². The first-order valence-electron chi connectivity index (χ1n) is 11.3. The summed E-state index contributed by atoms with van der Waals surface area (Å²) in [5.41, 5.74) is 1.05. The molecule has 7 nitrogen and oxygen atoms in total. The Labute approximate surface area is 189 Å². The molecule has 0 bridgehead atoms. The van der Waals surface area contributed by atoms with E-state index in [0.717, 1.165) is 29.9 Å². The minimum absolute atomic E-state index is 0.0350. The van der Waals surface area contributed by atoms with Crippen molar-refractivity contribution >= 4 is 11.8 Å². The van der Waals surface area contributed by atoms with Crippen LogP contribution in [-0.2, 0) is 20.9 Å². The van der Waals surface area contributed by atoms with Crippen molar-refractivity contribution in [2.75, 3.05) is 33.3 Å². The average Bonchev–Trinajstić information content (AvgIpc) is 2.82. The molecule has 0 unspecified atom stereocenters. The maximum absolute atomic E-state index is 12.9. The molecule has 0 saturated carbocycles. The predicted octanol–water partition coefficient (Wildman–Crippen LogP) is 2.81. The van der Waals surface area contributed by atoms with Gasteiger partial charge in [0, 0.05) is 39.8 Å². The molecule has 0 spiro atoms. The van der Waals surface area contributed by atoms with Gasteiger partial charge in [-0.1, -0.05) is 30.3 Å². The monoisotopic (exact) mass is 437 g/mol. The van der Waals surface area contributed by atoms with Crippen LogP contribution < -0.4 is 10.1 Å². The highest BCUT2D eigenvalue weighted by Crippen LogP contribution is 2.24. The van der Waals surface area contributed by atoms with Crippen molar-refractivity contribution < 1.29 is 19.1 Å². The summed E-state index contributed by atoms with van der Waals surface area (Å²) in [7, 11) is 1.71. The molecule has 170 valence electrons. The third-order valence-electron chi connectivity index (χ3n) is 6.20. The van der Waals surface area contributed by atoms with E-state index in [1.807, 2.05) is 59.5 Å². The summed E-state index contributed by atoms with van der Waals surface area (Å²) < 4.78 is 11.3. The van der Waals surface area contributed by atoms with Crippen molar-refractivity contribution in [2.24, 2.45) is 0 Å². The molecule has 1 N–H and O–H groups in total. The predicted molar refractivity (Wildman–Crippen MR) is 121 cm³/mol. The number of nitrogens with zero attached hydrogens (tertiary/aromatic N) is 2. The van der Waals surface area contributed by atoms with Gasteiger partial charge in [0.15, 0.2) is 0 Å². The lowest BCUT2D eigenvalue weighted by molar-refractivity contribution is -0.140. The van der Waals surface area contributed by atoms with Crippen LogP contribution in [0.4, 0.5) is 0 Å². The van der Waals surface area contributed by atoms with Gasteiger partial charge in [-0.2, -0.15) is 0 Å². The van der Waals surface area contributed by atoms with Gasteiger partial charge in [-0.05, 0) is 42.7 Å². The van der Waals surface area contributed by atoms with E-state index in [9.17, 15) is 9.59 Å². The number of para-hydroxylation sites is 1. The van der Waals surface area contributed by atoms with Gasteiger partial charge in [0.05, 0.1) is 18.6 Å². The first-order valence-corrected chi connectivity index (χ1v) is 11.3. The molecule has 0 aromatic heterocycles. The molecule has 2 amide bonds. The fourth-order valence-electron chi connectivity index (χ4n) is 4.38. The highest BCUT2D eigenvalue weighted by molar-refractivity contribution is 5.88. The number of piperazine rings is 1. The van der Waals surface area contributed by atoms with E-state index in [4.69, 9.17) is 9.47 Å². The van der Waals surface area contributed by atoms with Crippen LogP contribution in [0.1, 0.15) is 24.8 Å². The summed E-state index contributed by atoms with van der Waals surface area (Å²) in [6.07, 6.45) is 2.11. The van der Waals surface area contributed by atoms with Crippen LogP contribution >= 0.6 is 0 Å². The van der Waals surface area contributed by atoms with Crippen molar-refractivity contribution in [1.82, 2.24) is 15.1 Å². The van der Waals surface area contributed by atoms with Gasteiger partial charge in [-0.25, -0.2) is 0 Å². The molecule has 32 heavy (non-hydrogen) atoms. The number of hydrogen-bond acceptors (Lipinski definition) is 5. The molecule has 2 aromatic carbocycles. The number of carbonyl (C=O) groups is 2. The molecule has 2 fully saturated rings. The molecule has 4 rings (SSSR count). The highest BCUT2D eigenvalue weighted by Gasteiger charge is 2.33. The number of piperidine rings is 1. The van der Waals surface area contributed by atoms with E-state index in [2.05, 4.69) is 10.2 Å². The lowest BCUT2D eigenvalue weighted by atomic mass is 10.0. The fraction of sp³-hybridized carbons (Fsp3) is 0.440. The molecule has 2 aromatic rings. The van der Waals surface area contributed by atoms with E-state index in [0.29, 0.717) is 32.7 Å². The van der Waals surface area contributed by atoms with Gasteiger partial charge in [0.1, 0.15) is 11.5 Å². The Morgan fingerprint density at radius 2 is 1.78 bits per heavy atom. The zero-order chi connectivity index (χ0) is 22.3. The summed E-state index contributed by atoms with van der Waals surface area (Å²) in [6, 6.07) is 17.1. The minimum atomic E-state index is -0.463. The molecular weight excluding hydrogens is 406 g/mol. The molecule has 2 aliphatic rings. The van der Waals surface area contributed by atoms with Crippen molar-refractivity contribution in [1.29, 1.82) is 0 Å². The fourth-order valence-corrected chi connectivity index (χ4v) is 4.38. The molecule has 0 radical (unpaired) electrons. The number of hydrogen-bond donors (Lipinski definition) is 1. The van der Waals surface area contributed by atoms with Crippen LogP contribution in [0.15, 0.2) is 54.6 Å². The van der Waals surface area contributed by atoms with Gasteiger partial charge in [0.25, 0.3) is 0 Å². The van der Waals surface area contributed by atoms with Crippen molar-refractivity contribution in [3.63, 3.8) is 0 Å². The number of ether oxygens (including phenoxy) is 2. The molecular formula is C25H31N3O4. The Balaban J connectivity index is 1.40. The number of carbonyl (C=O) groups excluding carboxylic acids is 2. The smallest absolute Gasteiger partial charge is 0.237 e. The number of likely N-dealkylation sites (tertiary alicyclic amines) is 1. The van der Waals surface area contributed by atoms with Gasteiger partial charge in [0.2, 0.25) is 11.8 Å². The SMILES string of the molecule is COC1CCN(C(=O)C[C@H]2C(=O)NCCN2Cc2cccc(Oc3ccccc3)c2)CC1. The van der Waals surface area contributed by atoms with E-state index >= 15 is 0 Å². The Hall–Kier alpha value is -2.90. The summed E-state index contributed by atoms with van der Waals surface area (Å²) in [6.45, 7) is 3.25. The Morgan fingerprint density at radius 1 is 1.03 bits per heavy atom. The second-order valence-electron chi connectivity index (χ2n) is 8.36. The standard InChI is InChI=1S/C25H31N3O4/c1-31-20-10-13-27(14-11-20)24(29)17-23-25(30)26-12-15-28(23)18-19-6-5-9-22(16-19)32-21-7-3-2-4-8-21/h2-9,16,20,23H,10-15,17-18H2,1H3,(H,26,30)/t23-/m0/s1. The van der Waals surface area contributed by atoms with E-state index in [1.165, 1.54) is 0 Å². The maximum Gasteiger partial charge on any atom is 0.237 e. The lowest BCUT2D eigenvalue weighted by Crippen LogP contribution is -2.56. The summed E-state index contributed by atoms with van der Waals surface area (Å²) in [5.74, 6) is 1.49. The van der Waals surface area contributed by atoms with Crippen LogP contribution in [-0.4, -0.2) is 67.0 Å². The van der Waals surface area contributed by atoms with Crippen LogP contribution in [0.2, 0.25) is 0 Å². The van der Waals surface area contributed by atoms with Crippen molar-refractivity contribution in [2.45, 2.75) is 38.0 Å². The second kappa shape index (κ2) is 10.6. The zero-order valence-corrected chi connectivity index (χ0v) is 18.5. The van der Waals surface area contributed by atoms with E-state index in [1.54, 1.807) is 7.11 Å². The Kier molecular flexibility index (Phi) is 7.39. The number of benzene rings is 2. The molecule has 7 heteroatoms. The summed E-state index contributed by atoms with van der Waals surface area (Å²) >= 11 is 0. The Morgan fingerprint density at radius 3 is 2.53 bits per heavy atom. The van der Waals surface area contributed by atoms with Crippen LogP contribution in [0.25, 0.3) is 0 Å². The highest BCUT2D eigenvalue weighted by atomic mass is 16.5. The molecule has 1 atom stereocenters. The summed E-state index contributed by atoms with van der Waals surface area (Å²) in [4.78, 5) is 29.5. The minimum Gasteiger partial charge on any atom is -0.457 e. The number of nitrogens with one attached hydrogen (secondary N) is 1. The largest absolute Gasteiger partial charge is 0.457 e. The normalized spacial score (nSPS) is 20.1. The topological polar surface area (TPSA) is 71.1 Å². The second-order valence-corrected chi connectivity index (χ2v) is 8.36. The molecule has 2 saturated heterocycles. The number of methoxy groups -OCH3 is 1. The van der Waals surface area contributed by atoms with Gasteiger partial charge >= 0.3 is 0 Å². The maximum atomic E-state index is 12.9. The van der Waals surface area contributed by atoms with Crippen molar-refractivity contribution in [3.8, 4) is 11.5 Å². The first-order chi connectivity index (χ1) is 15.6. The van der Waals surface area contributed by atoms with E-state index < -0.39 is 6.04 Å². The molecule has 2 aliphatic heterocycles. The molecule has 0 aliphatic carbocycles. The lowest BCUT2D eigenvalue weighted by Gasteiger charge is -2.37.